The molecule has 0 saturated heterocycles. The van der Waals surface area contributed by atoms with E-state index in [1.807, 2.05) is 13.8 Å². The highest BCUT2D eigenvalue weighted by molar-refractivity contribution is 5.10. The zero-order chi connectivity index (χ0) is 13.1. The minimum absolute atomic E-state index is 0.109. The summed E-state index contributed by atoms with van der Waals surface area (Å²) in [6.07, 6.45) is 2.33. The predicted molar refractivity (Wildman–Crippen MR) is 69.8 cm³/mol. The summed E-state index contributed by atoms with van der Waals surface area (Å²) < 4.78 is 0. The number of nitrogens with one attached hydrogen (secondary N) is 1. The fraction of sp³-hybridized carbons (Fsp3) is 0.692. The lowest BCUT2D eigenvalue weighted by atomic mass is 9.93. The Labute approximate surface area is 103 Å². The Morgan fingerprint density at radius 1 is 1.41 bits per heavy atom. The lowest BCUT2D eigenvalue weighted by Gasteiger charge is -2.25. The standard InChI is InChI=1S/C13H23N3O/c1-5-13(14,6-2)12-15-10(7-9(3)4)8-11(17)16-12/h8-9H,5-7,14H2,1-4H3,(H,15,16,17). The zero-order valence-electron chi connectivity index (χ0n) is 11.2. The van der Waals surface area contributed by atoms with E-state index in [9.17, 15) is 4.79 Å². The van der Waals surface area contributed by atoms with Crippen molar-refractivity contribution < 1.29 is 0 Å². The lowest BCUT2D eigenvalue weighted by Crippen LogP contribution is -2.39. The molecule has 17 heavy (non-hydrogen) atoms. The average molecular weight is 237 g/mol. The van der Waals surface area contributed by atoms with Crippen LogP contribution in [0.2, 0.25) is 0 Å². The van der Waals surface area contributed by atoms with E-state index >= 15 is 0 Å². The molecule has 0 aromatic carbocycles. The summed E-state index contributed by atoms with van der Waals surface area (Å²) >= 11 is 0. The fourth-order valence-electron chi connectivity index (χ4n) is 1.85. The van der Waals surface area contributed by atoms with Gasteiger partial charge in [-0.2, -0.15) is 0 Å². The summed E-state index contributed by atoms with van der Waals surface area (Å²) in [5.41, 5.74) is 6.45. The second kappa shape index (κ2) is 5.45. The van der Waals surface area contributed by atoms with Crippen molar-refractivity contribution in [3.05, 3.63) is 27.9 Å². The van der Waals surface area contributed by atoms with Gasteiger partial charge in [-0.15, -0.1) is 0 Å². The van der Waals surface area contributed by atoms with Crippen LogP contribution < -0.4 is 11.3 Å². The largest absolute Gasteiger partial charge is 0.319 e. The third-order valence-electron chi connectivity index (χ3n) is 3.15. The van der Waals surface area contributed by atoms with Gasteiger partial charge in [-0.1, -0.05) is 27.7 Å². The van der Waals surface area contributed by atoms with E-state index in [0.717, 1.165) is 25.0 Å². The molecule has 0 aliphatic carbocycles. The smallest absolute Gasteiger partial charge is 0.251 e. The molecular weight excluding hydrogens is 214 g/mol. The summed E-state index contributed by atoms with van der Waals surface area (Å²) in [5, 5.41) is 0. The molecule has 0 fully saturated rings. The van der Waals surface area contributed by atoms with Gasteiger partial charge in [0, 0.05) is 11.8 Å². The van der Waals surface area contributed by atoms with Crippen LogP contribution in [0.25, 0.3) is 0 Å². The molecule has 0 saturated carbocycles. The molecule has 1 aromatic heterocycles. The highest BCUT2D eigenvalue weighted by atomic mass is 16.1. The lowest BCUT2D eigenvalue weighted by molar-refractivity contribution is 0.384. The van der Waals surface area contributed by atoms with Gasteiger partial charge in [0.2, 0.25) is 0 Å². The van der Waals surface area contributed by atoms with E-state index in [4.69, 9.17) is 5.73 Å². The maximum absolute atomic E-state index is 11.6. The van der Waals surface area contributed by atoms with Gasteiger partial charge >= 0.3 is 0 Å². The first-order chi connectivity index (χ1) is 7.91. The second-order valence-corrected chi connectivity index (χ2v) is 5.05. The van der Waals surface area contributed by atoms with Gasteiger partial charge in [-0.3, -0.25) is 4.79 Å². The SMILES string of the molecule is CCC(N)(CC)c1nc(CC(C)C)cc(=O)[nH]1. The number of nitrogens with zero attached hydrogens (tertiary/aromatic N) is 1. The van der Waals surface area contributed by atoms with E-state index in [2.05, 4.69) is 23.8 Å². The van der Waals surface area contributed by atoms with Gasteiger partial charge in [0.25, 0.3) is 5.56 Å². The molecule has 0 unspecified atom stereocenters. The molecule has 4 nitrogen and oxygen atoms in total. The Balaban J connectivity index is 3.17. The molecule has 3 N–H and O–H groups in total. The van der Waals surface area contributed by atoms with Crippen molar-refractivity contribution in [3.8, 4) is 0 Å². The second-order valence-electron chi connectivity index (χ2n) is 5.05. The molecule has 4 heteroatoms. The molecule has 0 aliphatic rings. The fourth-order valence-corrected chi connectivity index (χ4v) is 1.85. The third kappa shape index (κ3) is 3.40. The van der Waals surface area contributed by atoms with Gasteiger partial charge in [-0.25, -0.2) is 4.98 Å². The van der Waals surface area contributed by atoms with Crippen molar-refractivity contribution >= 4 is 0 Å². The summed E-state index contributed by atoms with van der Waals surface area (Å²) in [4.78, 5) is 18.9. The van der Waals surface area contributed by atoms with Gasteiger partial charge in [0.1, 0.15) is 5.82 Å². The average Bonchev–Trinajstić information content (AvgIpc) is 2.26. The molecule has 0 amide bonds. The van der Waals surface area contributed by atoms with E-state index in [-0.39, 0.29) is 5.56 Å². The first-order valence-corrected chi connectivity index (χ1v) is 6.31. The highest BCUT2D eigenvalue weighted by Crippen LogP contribution is 2.21. The van der Waals surface area contributed by atoms with Crippen LogP contribution >= 0.6 is 0 Å². The molecular formula is C13H23N3O. The summed E-state index contributed by atoms with van der Waals surface area (Å²) in [5.74, 6) is 1.10. The molecule has 0 aliphatic heterocycles. The van der Waals surface area contributed by atoms with Crippen LogP contribution in [-0.2, 0) is 12.0 Å². The van der Waals surface area contributed by atoms with Crippen LogP contribution in [0.4, 0.5) is 0 Å². The Kier molecular flexibility index (Phi) is 4.46. The number of hydrogen-bond acceptors (Lipinski definition) is 3. The van der Waals surface area contributed by atoms with Gasteiger partial charge in [-0.05, 0) is 25.2 Å². The molecule has 0 atom stereocenters. The summed E-state index contributed by atoms with van der Waals surface area (Å²) in [7, 11) is 0. The van der Waals surface area contributed by atoms with Gasteiger partial charge in [0.05, 0.1) is 5.54 Å². The molecule has 1 heterocycles. The summed E-state index contributed by atoms with van der Waals surface area (Å²) in [6.45, 7) is 8.24. The Hall–Kier alpha value is -1.16. The maximum Gasteiger partial charge on any atom is 0.251 e. The first kappa shape index (κ1) is 13.9. The van der Waals surface area contributed by atoms with Crippen molar-refractivity contribution in [1.29, 1.82) is 0 Å². The number of H-pyrrole nitrogens is 1. The van der Waals surface area contributed by atoms with E-state index < -0.39 is 5.54 Å². The number of nitrogens with two attached hydrogens (primary N) is 1. The number of aromatic amines is 1. The van der Waals surface area contributed by atoms with Crippen molar-refractivity contribution in [1.82, 2.24) is 9.97 Å². The van der Waals surface area contributed by atoms with Crippen LogP contribution in [-0.4, -0.2) is 9.97 Å². The Bertz CT molecular complexity index is 419. The minimum Gasteiger partial charge on any atom is -0.319 e. The van der Waals surface area contributed by atoms with Crippen LogP contribution in [0, 0.1) is 5.92 Å². The minimum atomic E-state index is -0.522. The maximum atomic E-state index is 11.6. The molecule has 0 bridgehead atoms. The number of hydrogen-bond donors (Lipinski definition) is 2. The predicted octanol–water partition coefficient (Wildman–Crippen LogP) is 1.94. The van der Waals surface area contributed by atoms with Crippen molar-refractivity contribution in [2.75, 3.05) is 0 Å². The van der Waals surface area contributed by atoms with Gasteiger partial charge < -0.3 is 10.7 Å². The van der Waals surface area contributed by atoms with Crippen molar-refractivity contribution in [3.63, 3.8) is 0 Å². The molecule has 0 spiro atoms. The number of aromatic nitrogens is 2. The monoisotopic (exact) mass is 237 g/mol. The Morgan fingerprint density at radius 3 is 2.47 bits per heavy atom. The van der Waals surface area contributed by atoms with E-state index in [1.54, 1.807) is 6.07 Å². The van der Waals surface area contributed by atoms with Crippen molar-refractivity contribution in [2.24, 2.45) is 11.7 Å². The first-order valence-electron chi connectivity index (χ1n) is 6.31. The molecule has 0 radical (unpaired) electrons. The van der Waals surface area contributed by atoms with E-state index in [1.165, 1.54) is 0 Å². The van der Waals surface area contributed by atoms with Crippen molar-refractivity contribution in [2.45, 2.75) is 52.5 Å². The Morgan fingerprint density at radius 2 is 2.00 bits per heavy atom. The molecule has 96 valence electrons. The highest BCUT2D eigenvalue weighted by Gasteiger charge is 2.26. The normalized spacial score (nSPS) is 12.1. The van der Waals surface area contributed by atoms with Gasteiger partial charge in [0.15, 0.2) is 0 Å². The van der Waals surface area contributed by atoms with Crippen LogP contribution in [0.5, 0.6) is 0 Å². The summed E-state index contributed by atoms with van der Waals surface area (Å²) in [6, 6.07) is 1.56. The van der Waals surface area contributed by atoms with Crippen LogP contribution in [0.15, 0.2) is 10.9 Å². The van der Waals surface area contributed by atoms with E-state index in [0.29, 0.717) is 11.7 Å². The van der Waals surface area contributed by atoms with Crippen LogP contribution in [0.3, 0.4) is 0 Å². The molecule has 1 aromatic rings. The van der Waals surface area contributed by atoms with Crippen LogP contribution in [0.1, 0.15) is 52.1 Å². The topological polar surface area (TPSA) is 71.8 Å². The quantitative estimate of drug-likeness (QED) is 0.822. The zero-order valence-corrected chi connectivity index (χ0v) is 11.2. The number of rotatable bonds is 5. The molecule has 1 rings (SSSR count). The third-order valence-corrected chi connectivity index (χ3v) is 3.15.